The fraction of sp³-hybridized carbons (Fsp3) is 0.714. The van der Waals surface area contributed by atoms with Gasteiger partial charge in [0.2, 0.25) is 0 Å². The molecule has 5 heteroatoms. The highest BCUT2D eigenvalue weighted by Crippen LogP contribution is 2.22. The monoisotopic (exact) mass is 176 g/mol. The molecule has 0 heterocycles. The van der Waals surface area contributed by atoms with E-state index < -0.39 is 17.4 Å². The molecule has 0 aromatic rings. The molecule has 0 spiro atoms. The predicted molar refractivity (Wildman–Crippen MR) is 39.9 cm³/mol. The maximum absolute atomic E-state index is 10.6. The Bertz CT molecular complexity index is 172. The lowest BCUT2D eigenvalue weighted by atomic mass is 9.86. The molecule has 0 saturated carbocycles. The number of hydrogen-bond acceptors (Lipinski definition) is 3. The van der Waals surface area contributed by atoms with E-state index >= 15 is 0 Å². The van der Waals surface area contributed by atoms with Crippen molar-refractivity contribution < 1.29 is 24.5 Å². The largest absolute Gasteiger partial charge is 0.480 e. The minimum absolute atomic E-state index is 0.00546. The van der Waals surface area contributed by atoms with Gasteiger partial charge < -0.3 is 14.9 Å². The van der Waals surface area contributed by atoms with E-state index in [0.717, 1.165) is 0 Å². The molecule has 5 nitrogen and oxygen atoms in total. The summed E-state index contributed by atoms with van der Waals surface area (Å²) in [6.07, 6.45) is 0.00546. The molecular weight excluding hydrogens is 164 g/mol. The van der Waals surface area contributed by atoms with Crippen molar-refractivity contribution in [3.05, 3.63) is 0 Å². The van der Waals surface area contributed by atoms with E-state index in [1.807, 2.05) is 0 Å². The molecule has 0 rings (SSSR count). The van der Waals surface area contributed by atoms with E-state index in [9.17, 15) is 9.59 Å². The van der Waals surface area contributed by atoms with Gasteiger partial charge in [0.15, 0.2) is 5.41 Å². The molecule has 0 aliphatic carbocycles. The van der Waals surface area contributed by atoms with Crippen molar-refractivity contribution in [2.75, 3.05) is 13.7 Å². The zero-order chi connectivity index (χ0) is 9.78. The Morgan fingerprint density at radius 1 is 1.33 bits per heavy atom. The fourth-order valence-corrected chi connectivity index (χ4v) is 0.866. The van der Waals surface area contributed by atoms with Crippen LogP contribution in [-0.4, -0.2) is 35.9 Å². The van der Waals surface area contributed by atoms with Crippen LogP contribution in [0.3, 0.4) is 0 Å². The predicted octanol–water partition coefficient (Wildman–Crippen LogP) is 0.198. The number of aliphatic carboxylic acids is 2. The Kier molecular flexibility index (Phi) is 3.69. The zero-order valence-electron chi connectivity index (χ0n) is 7.03. The second-order valence-corrected chi connectivity index (χ2v) is 2.48. The Balaban J connectivity index is 4.76. The van der Waals surface area contributed by atoms with Crippen LogP contribution in [0.4, 0.5) is 0 Å². The third-order valence-electron chi connectivity index (χ3n) is 1.81. The molecule has 0 aromatic heterocycles. The number of ether oxygens (including phenoxy) is 1. The molecule has 0 unspecified atom stereocenters. The summed E-state index contributed by atoms with van der Waals surface area (Å²) in [5.74, 6) is -2.72. The Labute approximate surface area is 70.0 Å². The third-order valence-corrected chi connectivity index (χ3v) is 1.81. The van der Waals surface area contributed by atoms with Gasteiger partial charge in [-0.1, -0.05) is 6.92 Å². The van der Waals surface area contributed by atoms with Crippen LogP contribution in [0.2, 0.25) is 0 Å². The Morgan fingerprint density at radius 2 is 1.75 bits per heavy atom. The lowest BCUT2D eigenvalue weighted by molar-refractivity contribution is -0.169. The number of methoxy groups -OCH3 is 1. The van der Waals surface area contributed by atoms with E-state index in [0.29, 0.717) is 0 Å². The SMILES string of the molecule is CCC(COC)(C(=O)O)C(=O)O. The average molecular weight is 176 g/mol. The van der Waals surface area contributed by atoms with Gasteiger partial charge in [-0.25, -0.2) is 0 Å². The first-order valence-electron chi connectivity index (χ1n) is 3.47. The quantitative estimate of drug-likeness (QED) is 0.584. The number of hydrogen-bond donors (Lipinski definition) is 2. The highest BCUT2D eigenvalue weighted by Gasteiger charge is 2.45. The van der Waals surface area contributed by atoms with Crippen LogP contribution < -0.4 is 0 Å². The summed E-state index contributed by atoms with van der Waals surface area (Å²) in [4.78, 5) is 21.2. The van der Waals surface area contributed by atoms with Crippen molar-refractivity contribution in [1.29, 1.82) is 0 Å². The lowest BCUT2D eigenvalue weighted by Crippen LogP contribution is -2.42. The molecule has 0 bridgehead atoms. The minimum Gasteiger partial charge on any atom is -0.480 e. The van der Waals surface area contributed by atoms with Crippen LogP contribution in [0.25, 0.3) is 0 Å². The average Bonchev–Trinajstić information content (AvgIpc) is 1.98. The van der Waals surface area contributed by atoms with Crippen LogP contribution >= 0.6 is 0 Å². The second-order valence-electron chi connectivity index (χ2n) is 2.48. The molecule has 0 aliphatic rings. The van der Waals surface area contributed by atoms with E-state index in [1.165, 1.54) is 14.0 Å². The molecule has 0 saturated heterocycles. The highest BCUT2D eigenvalue weighted by molar-refractivity contribution is 5.98. The van der Waals surface area contributed by atoms with Crippen molar-refractivity contribution in [3.63, 3.8) is 0 Å². The van der Waals surface area contributed by atoms with Crippen LogP contribution in [-0.2, 0) is 14.3 Å². The normalized spacial score (nSPS) is 11.2. The number of carboxylic acids is 2. The maximum atomic E-state index is 10.6. The third kappa shape index (κ3) is 1.73. The molecule has 0 radical (unpaired) electrons. The Morgan fingerprint density at radius 3 is 1.83 bits per heavy atom. The molecule has 0 fully saturated rings. The van der Waals surface area contributed by atoms with Gasteiger partial charge in [-0.05, 0) is 6.42 Å². The first-order chi connectivity index (χ1) is 5.51. The summed E-state index contributed by atoms with van der Waals surface area (Å²) in [6, 6.07) is 0. The first kappa shape index (κ1) is 10.9. The van der Waals surface area contributed by atoms with Gasteiger partial charge >= 0.3 is 11.9 Å². The summed E-state index contributed by atoms with van der Waals surface area (Å²) in [5, 5.41) is 17.3. The van der Waals surface area contributed by atoms with Gasteiger partial charge in [-0.2, -0.15) is 0 Å². The van der Waals surface area contributed by atoms with Crippen LogP contribution in [0.1, 0.15) is 13.3 Å². The van der Waals surface area contributed by atoms with Crippen molar-refractivity contribution in [1.82, 2.24) is 0 Å². The van der Waals surface area contributed by atoms with E-state index in [4.69, 9.17) is 10.2 Å². The van der Waals surface area contributed by atoms with E-state index in [-0.39, 0.29) is 13.0 Å². The van der Waals surface area contributed by atoms with Crippen molar-refractivity contribution in [2.24, 2.45) is 5.41 Å². The van der Waals surface area contributed by atoms with Gasteiger partial charge in [0.05, 0.1) is 6.61 Å². The van der Waals surface area contributed by atoms with Crippen LogP contribution in [0, 0.1) is 5.41 Å². The van der Waals surface area contributed by atoms with E-state index in [1.54, 1.807) is 0 Å². The zero-order valence-corrected chi connectivity index (χ0v) is 7.03. The summed E-state index contributed by atoms with van der Waals surface area (Å²) in [6.45, 7) is 1.19. The molecule has 0 amide bonds. The summed E-state index contributed by atoms with van der Waals surface area (Å²) in [5.41, 5.74) is -1.80. The molecule has 0 aromatic carbocycles. The summed E-state index contributed by atoms with van der Waals surface area (Å²) in [7, 11) is 1.27. The Hall–Kier alpha value is -1.10. The molecular formula is C7H12O5. The van der Waals surface area contributed by atoms with Crippen LogP contribution in [0.5, 0.6) is 0 Å². The maximum Gasteiger partial charge on any atom is 0.323 e. The summed E-state index contributed by atoms with van der Waals surface area (Å²) < 4.78 is 4.56. The van der Waals surface area contributed by atoms with Crippen LogP contribution in [0.15, 0.2) is 0 Å². The molecule has 0 aliphatic heterocycles. The van der Waals surface area contributed by atoms with Gasteiger partial charge in [0, 0.05) is 7.11 Å². The standard InChI is InChI=1S/C7H12O5/c1-3-7(4-12-2,5(8)9)6(10)11/h3-4H2,1-2H3,(H,8,9)(H,10,11). The summed E-state index contributed by atoms with van der Waals surface area (Å²) >= 11 is 0. The number of carboxylic acid groups (broad SMARTS) is 2. The van der Waals surface area contributed by atoms with Crippen molar-refractivity contribution in [2.45, 2.75) is 13.3 Å². The van der Waals surface area contributed by atoms with Crippen molar-refractivity contribution >= 4 is 11.9 Å². The molecule has 0 atom stereocenters. The minimum atomic E-state index is -1.80. The van der Waals surface area contributed by atoms with E-state index in [2.05, 4.69) is 4.74 Å². The van der Waals surface area contributed by atoms with Gasteiger partial charge in [0.1, 0.15) is 0 Å². The number of carbonyl (C=O) groups is 2. The molecule has 2 N–H and O–H groups in total. The highest BCUT2D eigenvalue weighted by atomic mass is 16.5. The fourth-order valence-electron chi connectivity index (χ4n) is 0.866. The van der Waals surface area contributed by atoms with Gasteiger partial charge in [-0.3, -0.25) is 9.59 Å². The molecule has 70 valence electrons. The lowest BCUT2D eigenvalue weighted by Gasteiger charge is -2.21. The smallest absolute Gasteiger partial charge is 0.323 e. The van der Waals surface area contributed by atoms with Crippen molar-refractivity contribution in [3.8, 4) is 0 Å². The number of rotatable bonds is 5. The topological polar surface area (TPSA) is 83.8 Å². The molecule has 12 heavy (non-hydrogen) atoms. The van der Waals surface area contributed by atoms with Gasteiger partial charge in [0.25, 0.3) is 0 Å². The van der Waals surface area contributed by atoms with Gasteiger partial charge in [-0.15, -0.1) is 0 Å². The second kappa shape index (κ2) is 4.06. The first-order valence-corrected chi connectivity index (χ1v) is 3.47.